The van der Waals surface area contributed by atoms with Crippen molar-refractivity contribution in [2.75, 3.05) is 0 Å². The monoisotopic (exact) mass is 644 g/mol. The fraction of sp³-hybridized carbons (Fsp3) is 0.800. The van der Waals surface area contributed by atoms with Gasteiger partial charge in [-0.05, 0) is 18.8 Å². The Kier molecular flexibility index (Phi) is 10.1. The molecular formula is C20H17F17O4. The van der Waals surface area contributed by atoms with E-state index in [0.717, 1.165) is 0 Å². The van der Waals surface area contributed by atoms with E-state index in [2.05, 4.69) is 4.74 Å². The molecule has 0 spiro atoms. The summed E-state index contributed by atoms with van der Waals surface area (Å²) < 4.78 is 234. The topological polar surface area (TPSA) is 63.6 Å². The molecule has 41 heavy (non-hydrogen) atoms. The Balaban J connectivity index is 3.56. The molecule has 1 rings (SSSR count). The third-order valence-electron chi connectivity index (χ3n) is 6.05. The summed E-state index contributed by atoms with van der Waals surface area (Å²) in [5, 5.41) is 8.43. The molecule has 1 fully saturated rings. The second-order valence-electron chi connectivity index (χ2n) is 8.90. The van der Waals surface area contributed by atoms with Gasteiger partial charge >= 0.3 is 59.6 Å². The van der Waals surface area contributed by atoms with E-state index in [1.54, 1.807) is 0 Å². The van der Waals surface area contributed by atoms with Crippen LogP contribution in [0, 0.1) is 5.92 Å². The van der Waals surface area contributed by atoms with Crippen LogP contribution in [0.2, 0.25) is 0 Å². The molecule has 0 radical (unpaired) electrons. The van der Waals surface area contributed by atoms with Gasteiger partial charge in [-0.25, -0.2) is 9.59 Å². The minimum absolute atomic E-state index is 0.0145. The fourth-order valence-corrected chi connectivity index (χ4v) is 3.72. The van der Waals surface area contributed by atoms with Crippen molar-refractivity contribution in [2.24, 2.45) is 5.92 Å². The van der Waals surface area contributed by atoms with Crippen LogP contribution in [0.5, 0.6) is 0 Å². The van der Waals surface area contributed by atoms with Crippen molar-refractivity contribution >= 4 is 11.9 Å². The van der Waals surface area contributed by atoms with Gasteiger partial charge in [0.05, 0.1) is 6.42 Å². The number of aliphatic carboxylic acids is 1. The quantitative estimate of drug-likeness (QED) is 0.136. The maximum atomic E-state index is 14.5. The number of carbonyl (C=O) groups is 2. The van der Waals surface area contributed by atoms with Crippen LogP contribution in [-0.2, 0) is 14.3 Å². The van der Waals surface area contributed by atoms with Crippen LogP contribution in [0.25, 0.3) is 0 Å². The van der Waals surface area contributed by atoms with Crippen LogP contribution >= 0.6 is 0 Å². The average Bonchev–Trinajstić information content (AvgIpc) is 2.81. The fourth-order valence-electron chi connectivity index (χ4n) is 3.72. The van der Waals surface area contributed by atoms with Gasteiger partial charge < -0.3 is 9.84 Å². The van der Waals surface area contributed by atoms with Crippen LogP contribution in [0.4, 0.5) is 74.6 Å². The van der Waals surface area contributed by atoms with Gasteiger partial charge in [0, 0.05) is 12.2 Å². The average molecular weight is 644 g/mol. The summed E-state index contributed by atoms with van der Waals surface area (Å²) in [6, 6.07) is 0. The molecule has 1 saturated carbocycles. The Morgan fingerprint density at radius 1 is 0.634 bits per heavy atom. The van der Waals surface area contributed by atoms with Crippen molar-refractivity contribution in [1.29, 1.82) is 0 Å². The Bertz CT molecular complexity index is 981. The lowest BCUT2D eigenvalue weighted by Gasteiger charge is -2.43. The summed E-state index contributed by atoms with van der Waals surface area (Å²) in [7, 11) is 0. The number of carbonyl (C=O) groups excluding carboxylic acids is 1. The summed E-state index contributed by atoms with van der Waals surface area (Å²) in [6.07, 6.45) is -13.3. The normalized spacial score (nSPS) is 18.5. The van der Waals surface area contributed by atoms with E-state index in [4.69, 9.17) is 5.11 Å². The standard InChI is InChI=1S/C20H17F17O4/c21-13(22,8-10(9-4-2-1-3-5-9)41-12(40)7-6-11(38)39)14(23,24)15(25,26)16(27,28)17(29,30)18(31,32)19(33,34)20(35,36)37/h6-7,9-10H,1-5,8H2,(H,38,39). The lowest BCUT2D eigenvalue weighted by molar-refractivity contribution is -0.462. The first-order valence-electron chi connectivity index (χ1n) is 10.9. The number of carboxylic acid groups (broad SMARTS) is 1. The van der Waals surface area contributed by atoms with E-state index < -0.39 is 78.0 Å². The minimum atomic E-state index is -8.74. The number of rotatable bonds is 12. The van der Waals surface area contributed by atoms with Gasteiger partial charge in [0.15, 0.2) is 0 Å². The third-order valence-corrected chi connectivity index (χ3v) is 6.05. The Morgan fingerprint density at radius 2 is 1.02 bits per heavy atom. The van der Waals surface area contributed by atoms with E-state index >= 15 is 0 Å². The molecule has 0 saturated heterocycles. The molecule has 1 atom stereocenters. The van der Waals surface area contributed by atoms with Crippen LogP contribution in [0.1, 0.15) is 38.5 Å². The molecule has 0 aromatic carbocycles. The number of alkyl halides is 17. The second kappa shape index (κ2) is 11.3. The number of halogens is 17. The van der Waals surface area contributed by atoms with Crippen LogP contribution < -0.4 is 0 Å². The predicted molar refractivity (Wildman–Crippen MR) is 98.5 cm³/mol. The van der Waals surface area contributed by atoms with Crippen molar-refractivity contribution in [1.82, 2.24) is 0 Å². The first kappa shape index (κ1) is 36.5. The van der Waals surface area contributed by atoms with Crippen LogP contribution in [-0.4, -0.2) is 70.8 Å². The Morgan fingerprint density at radius 3 is 1.41 bits per heavy atom. The Labute approximate surface area is 217 Å². The zero-order valence-corrected chi connectivity index (χ0v) is 19.6. The molecule has 1 unspecified atom stereocenters. The Hall–Kier alpha value is -2.51. The lowest BCUT2D eigenvalue weighted by Crippen LogP contribution is -2.74. The van der Waals surface area contributed by atoms with Crippen molar-refractivity contribution in [3.8, 4) is 0 Å². The lowest BCUT2D eigenvalue weighted by atomic mass is 9.81. The van der Waals surface area contributed by atoms with Gasteiger partial charge in [0.1, 0.15) is 6.10 Å². The van der Waals surface area contributed by atoms with Crippen molar-refractivity contribution < 1.29 is 94.1 Å². The molecule has 4 nitrogen and oxygen atoms in total. The van der Waals surface area contributed by atoms with Gasteiger partial charge in [-0.1, -0.05) is 19.3 Å². The van der Waals surface area contributed by atoms with E-state index in [1.807, 2.05) is 0 Å². The molecule has 240 valence electrons. The molecule has 1 N–H and O–H groups in total. The first-order chi connectivity index (χ1) is 18.0. The summed E-state index contributed by atoms with van der Waals surface area (Å²) >= 11 is 0. The zero-order valence-electron chi connectivity index (χ0n) is 19.6. The van der Waals surface area contributed by atoms with Crippen molar-refractivity contribution in [2.45, 2.75) is 92.3 Å². The largest absolute Gasteiger partial charge is 0.478 e. The highest BCUT2D eigenvalue weighted by atomic mass is 19.4. The number of hydrogen-bond donors (Lipinski definition) is 1. The number of ether oxygens (including phenoxy) is 1. The van der Waals surface area contributed by atoms with Gasteiger partial charge in [0.2, 0.25) is 0 Å². The molecule has 0 amide bonds. The molecule has 0 heterocycles. The molecule has 0 bridgehead atoms. The van der Waals surface area contributed by atoms with Gasteiger partial charge in [-0.2, -0.15) is 74.6 Å². The number of carboxylic acids is 1. The summed E-state index contributed by atoms with van der Waals surface area (Å²) in [5.41, 5.74) is 0. The maximum Gasteiger partial charge on any atom is 0.460 e. The molecule has 0 aromatic heterocycles. The highest BCUT2D eigenvalue weighted by Crippen LogP contribution is 2.64. The summed E-state index contributed by atoms with van der Waals surface area (Å²) in [6.45, 7) is 0. The van der Waals surface area contributed by atoms with Crippen LogP contribution in [0.3, 0.4) is 0 Å². The minimum Gasteiger partial charge on any atom is -0.478 e. The van der Waals surface area contributed by atoms with Gasteiger partial charge in [-0.15, -0.1) is 0 Å². The highest BCUT2D eigenvalue weighted by molar-refractivity contribution is 5.90. The molecule has 21 heteroatoms. The van der Waals surface area contributed by atoms with Gasteiger partial charge in [0.25, 0.3) is 0 Å². The maximum absolute atomic E-state index is 14.5. The SMILES string of the molecule is O=C(O)C=CC(=O)OC(CC(F)(F)C(F)(F)C(F)(F)C(F)(F)C(F)(F)C(F)(F)C(F)(F)C(F)(F)F)C1CCCCC1. The van der Waals surface area contributed by atoms with E-state index in [0.29, 0.717) is 6.42 Å². The van der Waals surface area contributed by atoms with Crippen molar-refractivity contribution in [3.05, 3.63) is 12.2 Å². The molecular weight excluding hydrogens is 627 g/mol. The number of hydrogen-bond acceptors (Lipinski definition) is 3. The van der Waals surface area contributed by atoms with Crippen LogP contribution in [0.15, 0.2) is 12.2 Å². The van der Waals surface area contributed by atoms with Gasteiger partial charge in [-0.3, -0.25) is 0 Å². The predicted octanol–water partition coefficient (Wildman–Crippen LogP) is 7.52. The smallest absolute Gasteiger partial charge is 0.460 e. The first-order valence-corrected chi connectivity index (χ1v) is 10.9. The van der Waals surface area contributed by atoms with Crippen molar-refractivity contribution in [3.63, 3.8) is 0 Å². The molecule has 0 aromatic rings. The molecule has 1 aliphatic carbocycles. The summed E-state index contributed by atoms with van der Waals surface area (Å²) in [5.74, 6) is -62.5. The highest BCUT2D eigenvalue weighted by Gasteiger charge is 2.95. The molecule has 0 aliphatic heterocycles. The van der Waals surface area contributed by atoms with E-state index in [-0.39, 0.29) is 37.8 Å². The number of esters is 1. The van der Waals surface area contributed by atoms with E-state index in [9.17, 15) is 84.2 Å². The third kappa shape index (κ3) is 6.31. The molecule has 1 aliphatic rings. The zero-order chi connectivity index (χ0) is 32.7. The summed E-state index contributed by atoms with van der Waals surface area (Å²) in [4.78, 5) is 22.1. The van der Waals surface area contributed by atoms with E-state index in [1.165, 1.54) is 0 Å². The second-order valence-corrected chi connectivity index (χ2v) is 8.90.